The van der Waals surface area contributed by atoms with Crippen molar-refractivity contribution in [3.63, 3.8) is 0 Å². The molecule has 2 aromatic rings. The maximum Gasteiger partial charge on any atom is 0.282 e. The molecule has 0 saturated carbocycles. The molecule has 2 amide bonds. The van der Waals surface area contributed by atoms with Crippen LogP contribution in [0, 0.1) is 10.1 Å². The zero-order valence-corrected chi connectivity index (χ0v) is 12.7. The average Bonchev–Trinajstić information content (AvgIpc) is 2.96. The first-order valence-corrected chi connectivity index (χ1v) is 7.46. The third kappa shape index (κ3) is 3.10. The normalized spacial score (nSPS) is 16.9. The third-order valence-corrected chi connectivity index (χ3v) is 3.87. The van der Waals surface area contributed by atoms with Crippen LogP contribution in [0.15, 0.2) is 54.6 Å². The van der Waals surface area contributed by atoms with Gasteiger partial charge in [0.25, 0.3) is 11.6 Å². The van der Waals surface area contributed by atoms with Crippen LogP contribution >= 0.6 is 0 Å². The summed E-state index contributed by atoms with van der Waals surface area (Å²) in [5.41, 5.74) is 0.511. The number of nitro benzene ring substituents is 1. The van der Waals surface area contributed by atoms with Crippen LogP contribution in [0.1, 0.15) is 16.8 Å². The quantitative estimate of drug-likeness (QED) is 0.688. The van der Waals surface area contributed by atoms with Gasteiger partial charge in [-0.15, -0.1) is 0 Å². The van der Waals surface area contributed by atoms with Crippen LogP contribution in [-0.2, 0) is 4.79 Å². The molecule has 0 bridgehead atoms. The lowest BCUT2D eigenvalue weighted by atomic mass is 10.1. The van der Waals surface area contributed by atoms with Gasteiger partial charge in [0.15, 0.2) is 0 Å². The molecule has 1 N–H and O–H groups in total. The van der Waals surface area contributed by atoms with Crippen molar-refractivity contribution in [3.8, 4) is 0 Å². The van der Waals surface area contributed by atoms with Crippen molar-refractivity contribution >= 4 is 23.2 Å². The van der Waals surface area contributed by atoms with E-state index in [4.69, 9.17) is 0 Å². The van der Waals surface area contributed by atoms with Crippen LogP contribution in [0.2, 0.25) is 0 Å². The van der Waals surface area contributed by atoms with Crippen LogP contribution in [0.25, 0.3) is 0 Å². The Labute approximate surface area is 138 Å². The van der Waals surface area contributed by atoms with Gasteiger partial charge in [-0.25, -0.2) is 0 Å². The number of rotatable bonds is 4. The molecule has 1 atom stereocenters. The minimum atomic E-state index is -0.592. The molecule has 1 aliphatic heterocycles. The molecule has 0 unspecified atom stereocenters. The Morgan fingerprint density at radius 3 is 2.50 bits per heavy atom. The summed E-state index contributed by atoms with van der Waals surface area (Å²) < 4.78 is 0. The van der Waals surface area contributed by atoms with E-state index in [1.807, 2.05) is 30.3 Å². The number of carbonyl (C=O) groups is 2. The van der Waals surface area contributed by atoms with Gasteiger partial charge in [-0.1, -0.05) is 30.3 Å². The number of nitrogens with one attached hydrogen (secondary N) is 1. The minimum Gasteiger partial charge on any atom is -0.347 e. The number of benzene rings is 2. The van der Waals surface area contributed by atoms with Crippen LogP contribution in [0.5, 0.6) is 0 Å². The maximum absolute atomic E-state index is 12.3. The lowest BCUT2D eigenvalue weighted by molar-refractivity contribution is -0.385. The second-order valence-electron chi connectivity index (χ2n) is 5.49. The second kappa shape index (κ2) is 6.49. The molecule has 1 aliphatic rings. The molecule has 0 radical (unpaired) electrons. The van der Waals surface area contributed by atoms with Crippen molar-refractivity contribution in [1.29, 1.82) is 0 Å². The number of hydrogen-bond donors (Lipinski definition) is 1. The third-order valence-electron chi connectivity index (χ3n) is 3.87. The highest BCUT2D eigenvalue weighted by Crippen LogP contribution is 2.22. The number of anilines is 1. The lowest BCUT2D eigenvalue weighted by Crippen LogP contribution is -2.37. The largest absolute Gasteiger partial charge is 0.347 e. The van der Waals surface area contributed by atoms with Crippen molar-refractivity contribution in [2.45, 2.75) is 12.5 Å². The number of amides is 2. The topological polar surface area (TPSA) is 92.6 Å². The van der Waals surface area contributed by atoms with Gasteiger partial charge < -0.3 is 10.2 Å². The molecule has 24 heavy (non-hydrogen) atoms. The Morgan fingerprint density at radius 2 is 1.79 bits per heavy atom. The molecule has 0 aliphatic carbocycles. The van der Waals surface area contributed by atoms with E-state index < -0.39 is 10.8 Å². The van der Waals surface area contributed by atoms with Crippen molar-refractivity contribution in [1.82, 2.24) is 5.32 Å². The molecule has 1 fully saturated rings. The van der Waals surface area contributed by atoms with Gasteiger partial charge in [0, 0.05) is 24.7 Å². The summed E-state index contributed by atoms with van der Waals surface area (Å²) in [6.07, 6.45) is 0.168. The molecule has 7 nitrogen and oxygen atoms in total. The number of para-hydroxylation sites is 2. The molecule has 0 spiro atoms. The van der Waals surface area contributed by atoms with Crippen LogP contribution in [0.4, 0.5) is 11.4 Å². The molecule has 7 heteroatoms. The van der Waals surface area contributed by atoms with Crippen molar-refractivity contribution in [2.75, 3.05) is 11.4 Å². The number of carbonyl (C=O) groups excluding carboxylic acids is 2. The summed E-state index contributed by atoms with van der Waals surface area (Å²) in [6, 6.07) is 14.5. The fraction of sp³-hybridized carbons (Fsp3) is 0.176. The predicted octanol–water partition coefficient (Wildman–Crippen LogP) is 2.13. The molecule has 0 aromatic heterocycles. The molecule has 1 saturated heterocycles. The van der Waals surface area contributed by atoms with Gasteiger partial charge in [-0.3, -0.25) is 19.7 Å². The first kappa shape index (κ1) is 15.7. The van der Waals surface area contributed by atoms with Gasteiger partial charge in [-0.2, -0.15) is 0 Å². The van der Waals surface area contributed by atoms with Gasteiger partial charge in [-0.05, 0) is 18.2 Å². The van der Waals surface area contributed by atoms with Crippen molar-refractivity contribution in [2.24, 2.45) is 0 Å². The first-order chi connectivity index (χ1) is 11.6. The highest BCUT2D eigenvalue weighted by atomic mass is 16.6. The summed E-state index contributed by atoms with van der Waals surface area (Å²) in [5.74, 6) is -0.635. The second-order valence-corrected chi connectivity index (χ2v) is 5.49. The average molecular weight is 325 g/mol. The van der Waals surface area contributed by atoms with E-state index in [1.165, 1.54) is 18.2 Å². The molecular formula is C17H15N3O4. The zero-order chi connectivity index (χ0) is 17.1. The Hall–Kier alpha value is -3.22. The summed E-state index contributed by atoms with van der Waals surface area (Å²) in [6.45, 7) is 0.342. The highest BCUT2D eigenvalue weighted by molar-refractivity contribution is 6.00. The lowest BCUT2D eigenvalue weighted by Gasteiger charge is -2.17. The van der Waals surface area contributed by atoms with E-state index in [9.17, 15) is 19.7 Å². The Bertz CT molecular complexity index is 791. The van der Waals surface area contributed by atoms with E-state index >= 15 is 0 Å². The predicted molar refractivity (Wildman–Crippen MR) is 87.8 cm³/mol. The number of hydrogen-bond acceptors (Lipinski definition) is 4. The van der Waals surface area contributed by atoms with E-state index in [2.05, 4.69) is 5.32 Å². The fourth-order valence-electron chi connectivity index (χ4n) is 2.75. The SMILES string of the molecule is O=C(N[C@@H]1CC(=O)N(c2ccccc2)C1)c1ccccc1[N+](=O)[O-]. The number of nitrogens with zero attached hydrogens (tertiary/aromatic N) is 2. The summed E-state index contributed by atoms with van der Waals surface area (Å²) in [4.78, 5) is 36.5. The minimum absolute atomic E-state index is 0.00638. The van der Waals surface area contributed by atoms with E-state index in [0.717, 1.165) is 5.69 Å². The Kier molecular flexibility index (Phi) is 4.24. The van der Waals surface area contributed by atoms with Crippen molar-refractivity contribution < 1.29 is 14.5 Å². The molecule has 3 rings (SSSR count). The van der Waals surface area contributed by atoms with Crippen LogP contribution in [-0.4, -0.2) is 29.3 Å². The van der Waals surface area contributed by atoms with E-state index in [1.54, 1.807) is 11.0 Å². The smallest absolute Gasteiger partial charge is 0.282 e. The summed E-state index contributed by atoms with van der Waals surface area (Å²) in [5, 5.41) is 13.7. The van der Waals surface area contributed by atoms with E-state index in [-0.39, 0.29) is 29.6 Å². The summed E-state index contributed by atoms with van der Waals surface area (Å²) >= 11 is 0. The van der Waals surface area contributed by atoms with Gasteiger partial charge >= 0.3 is 0 Å². The first-order valence-electron chi connectivity index (χ1n) is 7.46. The van der Waals surface area contributed by atoms with Gasteiger partial charge in [0.2, 0.25) is 5.91 Å². The highest BCUT2D eigenvalue weighted by Gasteiger charge is 2.32. The molecule has 1 heterocycles. The van der Waals surface area contributed by atoms with Crippen LogP contribution in [0.3, 0.4) is 0 Å². The van der Waals surface area contributed by atoms with Gasteiger partial charge in [0.1, 0.15) is 5.56 Å². The Balaban J connectivity index is 1.73. The van der Waals surface area contributed by atoms with Gasteiger partial charge in [0.05, 0.1) is 11.0 Å². The monoisotopic (exact) mass is 325 g/mol. The fourth-order valence-corrected chi connectivity index (χ4v) is 2.75. The Morgan fingerprint density at radius 1 is 1.12 bits per heavy atom. The zero-order valence-electron chi connectivity index (χ0n) is 12.7. The van der Waals surface area contributed by atoms with Crippen LogP contribution < -0.4 is 10.2 Å². The molecule has 122 valence electrons. The maximum atomic E-state index is 12.3. The number of nitro groups is 1. The standard InChI is InChI=1S/C17H15N3O4/c21-16-10-12(11-19(16)13-6-2-1-3-7-13)18-17(22)14-8-4-5-9-15(14)20(23)24/h1-9,12H,10-11H2,(H,18,22)/t12-/m1/s1. The summed E-state index contributed by atoms with van der Waals surface area (Å²) in [7, 11) is 0. The van der Waals surface area contributed by atoms with E-state index in [0.29, 0.717) is 6.54 Å². The molecular weight excluding hydrogens is 310 g/mol. The van der Waals surface area contributed by atoms with Crippen molar-refractivity contribution in [3.05, 3.63) is 70.3 Å². The molecule has 2 aromatic carbocycles.